The van der Waals surface area contributed by atoms with Crippen LogP contribution in [0.3, 0.4) is 0 Å². The molecular weight excluding hydrogens is 544 g/mol. The number of benzene rings is 9. The van der Waals surface area contributed by atoms with Crippen molar-refractivity contribution in [3.8, 4) is 33.4 Å². The van der Waals surface area contributed by atoms with Crippen LogP contribution in [0.5, 0.6) is 0 Å². The lowest BCUT2D eigenvalue weighted by molar-refractivity contribution is 0.669. The largest absolute Gasteiger partial charge is 0.456 e. The number of rotatable bonds is 3. The van der Waals surface area contributed by atoms with Crippen molar-refractivity contribution in [3.63, 3.8) is 0 Å². The molecule has 10 rings (SSSR count). The van der Waals surface area contributed by atoms with Crippen molar-refractivity contribution in [2.24, 2.45) is 0 Å². The van der Waals surface area contributed by atoms with Gasteiger partial charge in [0.1, 0.15) is 11.2 Å². The van der Waals surface area contributed by atoms with Gasteiger partial charge in [-0.05, 0) is 101 Å². The topological polar surface area (TPSA) is 13.1 Å². The van der Waals surface area contributed by atoms with Gasteiger partial charge >= 0.3 is 0 Å². The Kier molecular flexibility index (Phi) is 5.06. The van der Waals surface area contributed by atoms with Crippen molar-refractivity contribution < 1.29 is 4.42 Å². The molecule has 0 saturated heterocycles. The van der Waals surface area contributed by atoms with Gasteiger partial charge in [0.15, 0.2) is 0 Å². The van der Waals surface area contributed by atoms with Gasteiger partial charge < -0.3 is 4.42 Å². The van der Waals surface area contributed by atoms with E-state index in [4.69, 9.17) is 4.42 Å². The van der Waals surface area contributed by atoms with Crippen molar-refractivity contribution in [3.05, 3.63) is 158 Å². The SMILES string of the molecule is c1ccc(-c2ccc3ccc4c(-c5ccc6oc7cccc(-c8ccc9ccccc9c8)c7c6c5)ccc5ccc2c3c54)cc1. The zero-order valence-electron chi connectivity index (χ0n) is 24.4. The van der Waals surface area contributed by atoms with Crippen molar-refractivity contribution in [1.29, 1.82) is 0 Å². The third-order valence-electron chi connectivity index (χ3n) is 9.62. The van der Waals surface area contributed by atoms with Crippen LogP contribution in [0.1, 0.15) is 0 Å². The normalized spacial score (nSPS) is 12.0. The summed E-state index contributed by atoms with van der Waals surface area (Å²) in [5, 5.41) is 12.6. The Labute approximate surface area is 259 Å². The highest BCUT2D eigenvalue weighted by atomic mass is 16.3. The smallest absolute Gasteiger partial charge is 0.136 e. The fourth-order valence-electron chi connectivity index (χ4n) is 7.51. The maximum absolute atomic E-state index is 6.43. The van der Waals surface area contributed by atoms with Crippen molar-refractivity contribution >= 4 is 65.0 Å². The predicted molar refractivity (Wildman–Crippen MR) is 191 cm³/mol. The molecule has 9 aromatic carbocycles. The fourth-order valence-corrected chi connectivity index (χ4v) is 7.51. The van der Waals surface area contributed by atoms with Crippen LogP contribution in [0, 0.1) is 0 Å². The zero-order chi connectivity index (χ0) is 29.5. The first-order valence-corrected chi connectivity index (χ1v) is 15.5. The molecule has 208 valence electrons. The van der Waals surface area contributed by atoms with Gasteiger partial charge in [-0.15, -0.1) is 0 Å². The maximum atomic E-state index is 6.43. The average molecular weight is 571 g/mol. The minimum absolute atomic E-state index is 0.909. The predicted octanol–water partition coefficient (Wildman–Crippen LogP) is 12.6. The zero-order valence-corrected chi connectivity index (χ0v) is 24.4. The second-order valence-electron chi connectivity index (χ2n) is 12.1. The van der Waals surface area contributed by atoms with Crippen LogP contribution in [0.15, 0.2) is 162 Å². The van der Waals surface area contributed by atoms with Gasteiger partial charge in [-0.2, -0.15) is 0 Å². The summed E-state index contributed by atoms with van der Waals surface area (Å²) in [7, 11) is 0. The standard InChI is InChI=1S/C44H26O/c1-2-8-28(9-3-1)34-20-15-29-18-23-38-35(21-16-30-17-22-37(34)42(29)43(30)38)33-19-24-40-39(26-33)44-36(11-6-12-41(44)45-40)32-14-13-27-7-4-5-10-31(27)25-32/h1-26H. The average Bonchev–Trinajstić information content (AvgIpc) is 3.49. The molecule has 0 aliphatic carbocycles. The lowest BCUT2D eigenvalue weighted by Crippen LogP contribution is -1.89. The summed E-state index contributed by atoms with van der Waals surface area (Å²) in [4.78, 5) is 0. The summed E-state index contributed by atoms with van der Waals surface area (Å²) in [5.74, 6) is 0. The number of hydrogen-bond donors (Lipinski definition) is 0. The van der Waals surface area contributed by atoms with Gasteiger partial charge in [0.05, 0.1) is 0 Å². The van der Waals surface area contributed by atoms with E-state index in [9.17, 15) is 0 Å². The Morgan fingerprint density at radius 1 is 0.289 bits per heavy atom. The molecule has 1 heterocycles. The van der Waals surface area contributed by atoms with Crippen LogP contribution >= 0.6 is 0 Å². The molecule has 0 atom stereocenters. The van der Waals surface area contributed by atoms with Crippen molar-refractivity contribution in [1.82, 2.24) is 0 Å². The van der Waals surface area contributed by atoms with Gasteiger partial charge in [0.2, 0.25) is 0 Å². The van der Waals surface area contributed by atoms with Crippen LogP contribution in [-0.4, -0.2) is 0 Å². The Morgan fingerprint density at radius 3 is 1.69 bits per heavy atom. The molecule has 45 heavy (non-hydrogen) atoms. The lowest BCUT2D eigenvalue weighted by atomic mass is 9.87. The van der Waals surface area contributed by atoms with Crippen LogP contribution in [0.2, 0.25) is 0 Å². The summed E-state index contributed by atoms with van der Waals surface area (Å²) in [5.41, 5.74) is 9.16. The Morgan fingerprint density at radius 2 is 0.911 bits per heavy atom. The van der Waals surface area contributed by atoms with E-state index < -0.39 is 0 Å². The molecule has 1 aromatic heterocycles. The van der Waals surface area contributed by atoms with E-state index in [1.807, 2.05) is 0 Å². The number of furan rings is 1. The van der Waals surface area contributed by atoms with Crippen LogP contribution < -0.4 is 0 Å². The van der Waals surface area contributed by atoms with Gasteiger partial charge in [-0.3, -0.25) is 0 Å². The highest BCUT2D eigenvalue weighted by Crippen LogP contribution is 2.44. The molecule has 0 amide bonds. The molecule has 0 spiro atoms. The van der Waals surface area contributed by atoms with E-state index in [1.54, 1.807) is 0 Å². The molecule has 1 nitrogen and oxygen atoms in total. The molecule has 0 saturated carbocycles. The first kappa shape index (κ1) is 24.5. The van der Waals surface area contributed by atoms with E-state index in [-0.39, 0.29) is 0 Å². The van der Waals surface area contributed by atoms with E-state index in [2.05, 4.69) is 158 Å². The van der Waals surface area contributed by atoms with Gasteiger partial charge in [-0.1, -0.05) is 133 Å². The maximum Gasteiger partial charge on any atom is 0.136 e. The van der Waals surface area contributed by atoms with Crippen LogP contribution in [-0.2, 0) is 0 Å². The Balaban J connectivity index is 1.21. The molecule has 10 aromatic rings. The minimum Gasteiger partial charge on any atom is -0.456 e. The second-order valence-corrected chi connectivity index (χ2v) is 12.1. The molecule has 0 radical (unpaired) electrons. The Bertz CT molecular complexity index is 2750. The monoisotopic (exact) mass is 570 g/mol. The molecule has 0 aliphatic heterocycles. The summed E-state index contributed by atoms with van der Waals surface area (Å²) in [6, 6.07) is 57.3. The molecule has 1 heteroatoms. The van der Waals surface area contributed by atoms with E-state index in [0.717, 1.165) is 21.9 Å². The quantitative estimate of drug-likeness (QED) is 0.193. The van der Waals surface area contributed by atoms with Crippen molar-refractivity contribution in [2.45, 2.75) is 0 Å². The summed E-state index contributed by atoms with van der Waals surface area (Å²) >= 11 is 0. The lowest BCUT2D eigenvalue weighted by Gasteiger charge is -2.16. The summed E-state index contributed by atoms with van der Waals surface area (Å²) < 4.78 is 6.43. The number of hydrogen-bond acceptors (Lipinski definition) is 1. The van der Waals surface area contributed by atoms with Crippen LogP contribution in [0.4, 0.5) is 0 Å². The second kappa shape index (κ2) is 9.29. The van der Waals surface area contributed by atoms with E-state index in [1.165, 1.54) is 76.5 Å². The molecule has 0 unspecified atom stereocenters. The number of fused-ring (bicyclic) bond motifs is 4. The molecule has 0 fully saturated rings. The Hall–Kier alpha value is -5.92. The summed E-state index contributed by atoms with van der Waals surface area (Å²) in [6.07, 6.45) is 0. The minimum atomic E-state index is 0.909. The van der Waals surface area contributed by atoms with Crippen LogP contribution in [0.25, 0.3) is 98.4 Å². The third kappa shape index (κ3) is 3.62. The van der Waals surface area contributed by atoms with Crippen molar-refractivity contribution in [2.75, 3.05) is 0 Å². The van der Waals surface area contributed by atoms with E-state index in [0.29, 0.717) is 0 Å². The van der Waals surface area contributed by atoms with Gasteiger partial charge in [0.25, 0.3) is 0 Å². The van der Waals surface area contributed by atoms with E-state index >= 15 is 0 Å². The fraction of sp³-hybridized carbons (Fsp3) is 0. The highest BCUT2D eigenvalue weighted by Gasteiger charge is 2.17. The highest BCUT2D eigenvalue weighted by molar-refractivity contribution is 6.28. The molecular formula is C44H26O. The third-order valence-corrected chi connectivity index (χ3v) is 9.62. The summed E-state index contributed by atoms with van der Waals surface area (Å²) in [6.45, 7) is 0. The molecule has 0 N–H and O–H groups in total. The molecule has 0 aliphatic rings. The molecule has 0 bridgehead atoms. The van der Waals surface area contributed by atoms with Gasteiger partial charge in [-0.25, -0.2) is 0 Å². The first-order valence-electron chi connectivity index (χ1n) is 15.5. The van der Waals surface area contributed by atoms with Gasteiger partial charge in [0, 0.05) is 10.8 Å². The first-order chi connectivity index (χ1) is 22.3.